The molecule has 1 aliphatic carbocycles. The second-order valence-electron chi connectivity index (χ2n) is 8.55. The number of amides is 2. The van der Waals surface area contributed by atoms with E-state index in [9.17, 15) is 17.6 Å². The fourth-order valence-electron chi connectivity index (χ4n) is 4.55. The van der Waals surface area contributed by atoms with Crippen LogP contribution in [0.5, 0.6) is 0 Å². The van der Waals surface area contributed by atoms with Gasteiger partial charge in [-0.15, -0.1) is 0 Å². The van der Waals surface area contributed by atoms with Crippen LogP contribution in [0.2, 0.25) is 0 Å². The van der Waals surface area contributed by atoms with E-state index in [4.69, 9.17) is 0 Å². The van der Waals surface area contributed by atoms with Gasteiger partial charge in [-0.25, -0.2) is 22.3 Å². The lowest BCUT2D eigenvalue weighted by molar-refractivity contribution is 0.120. The molecule has 3 aliphatic rings. The van der Waals surface area contributed by atoms with E-state index in [0.717, 1.165) is 37.1 Å². The second-order valence-corrected chi connectivity index (χ2v) is 10.6. The second kappa shape index (κ2) is 9.12. The number of halogens is 1. The Morgan fingerprint density at radius 3 is 2.74 bits per heavy atom. The first-order valence-corrected chi connectivity index (χ1v) is 12.7. The van der Waals surface area contributed by atoms with Crippen molar-refractivity contribution < 1.29 is 17.6 Å². The minimum Gasteiger partial charge on any atom is -0.325 e. The minimum absolute atomic E-state index is 0.00646. The van der Waals surface area contributed by atoms with Crippen LogP contribution in [0.1, 0.15) is 43.2 Å². The molecule has 0 bridgehead atoms. The molecule has 1 aromatic rings. The van der Waals surface area contributed by atoms with Gasteiger partial charge in [0.1, 0.15) is 5.83 Å². The maximum atomic E-state index is 13.7. The molecule has 0 aromatic heterocycles. The summed E-state index contributed by atoms with van der Waals surface area (Å²) < 4.78 is 41.0. The van der Waals surface area contributed by atoms with Gasteiger partial charge in [0.2, 0.25) is 10.0 Å². The highest BCUT2D eigenvalue weighted by Crippen LogP contribution is 2.30. The van der Waals surface area contributed by atoms with Gasteiger partial charge in [0.15, 0.2) is 0 Å². The third-order valence-electron chi connectivity index (χ3n) is 6.48. The van der Waals surface area contributed by atoms with Gasteiger partial charge in [-0.1, -0.05) is 30.3 Å². The number of sulfonamides is 1. The lowest BCUT2D eigenvalue weighted by Gasteiger charge is -2.38. The van der Waals surface area contributed by atoms with Crippen LogP contribution in [0.25, 0.3) is 0 Å². The summed E-state index contributed by atoms with van der Waals surface area (Å²) in [5.74, 6) is -0.224. The quantitative estimate of drug-likeness (QED) is 0.727. The van der Waals surface area contributed by atoms with Gasteiger partial charge >= 0.3 is 6.03 Å². The number of hydrogen-bond donors (Lipinski definition) is 1. The van der Waals surface area contributed by atoms with Crippen molar-refractivity contribution in [3.63, 3.8) is 0 Å². The van der Waals surface area contributed by atoms with Gasteiger partial charge in [-0.05, 0) is 55.9 Å². The number of benzene rings is 1. The van der Waals surface area contributed by atoms with Gasteiger partial charge in [-0.2, -0.15) is 0 Å². The van der Waals surface area contributed by atoms with Crippen molar-refractivity contribution in [3.8, 4) is 0 Å². The molecular weight excluding hydrogens is 417 g/mol. The van der Waals surface area contributed by atoms with Crippen LogP contribution in [0.4, 0.5) is 9.18 Å². The van der Waals surface area contributed by atoms with Crippen LogP contribution >= 0.6 is 0 Å². The topological polar surface area (TPSA) is 69.7 Å². The normalized spacial score (nSPS) is 26.0. The Labute approximate surface area is 183 Å². The Balaban J connectivity index is 1.56. The molecule has 168 valence electrons. The van der Waals surface area contributed by atoms with Crippen LogP contribution in [-0.4, -0.2) is 61.7 Å². The fourth-order valence-corrected chi connectivity index (χ4v) is 5.45. The van der Waals surface area contributed by atoms with E-state index < -0.39 is 10.0 Å². The summed E-state index contributed by atoms with van der Waals surface area (Å²) >= 11 is 0. The van der Waals surface area contributed by atoms with Gasteiger partial charge in [0, 0.05) is 31.6 Å². The molecule has 1 aromatic carbocycles. The molecule has 0 saturated carbocycles. The van der Waals surface area contributed by atoms with Crippen molar-refractivity contribution in [2.45, 2.75) is 50.6 Å². The number of carbonyl (C=O) groups is 1. The number of carbonyl (C=O) groups excluding carboxylic acids is 1. The van der Waals surface area contributed by atoms with Crippen molar-refractivity contribution in [1.82, 2.24) is 14.5 Å². The van der Waals surface area contributed by atoms with Crippen molar-refractivity contribution in [2.75, 3.05) is 25.4 Å². The molecule has 31 heavy (non-hydrogen) atoms. The molecule has 2 amide bonds. The van der Waals surface area contributed by atoms with Crippen LogP contribution < -0.4 is 4.72 Å². The van der Waals surface area contributed by atoms with Gasteiger partial charge in [0.25, 0.3) is 0 Å². The third-order valence-corrected chi connectivity index (χ3v) is 7.90. The lowest BCUT2D eigenvalue weighted by Crippen LogP contribution is -2.54. The largest absolute Gasteiger partial charge is 0.325 e. The van der Waals surface area contributed by atoms with Crippen LogP contribution in [0.3, 0.4) is 0 Å². The number of likely N-dealkylation sites (tertiary alicyclic amines) is 2. The predicted molar refractivity (Wildman–Crippen MR) is 119 cm³/mol. The van der Waals surface area contributed by atoms with E-state index in [2.05, 4.69) is 10.8 Å². The molecule has 2 heterocycles. The Bertz CT molecular complexity index is 988. The highest BCUT2D eigenvalue weighted by molar-refractivity contribution is 7.89. The zero-order valence-electron chi connectivity index (χ0n) is 17.8. The molecule has 1 unspecified atom stereocenters. The monoisotopic (exact) mass is 447 g/mol. The van der Waals surface area contributed by atoms with E-state index in [1.165, 1.54) is 6.08 Å². The Kier molecular flexibility index (Phi) is 6.48. The van der Waals surface area contributed by atoms with Crippen LogP contribution in [0, 0.1) is 0 Å². The summed E-state index contributed by atoms with van der Waals surface area (Å²) in [6.07, 6.45) is 7.88. The summed E-state index contributed by atoms with van der Waals surface area (Å²) in [5.41, 5.74) is 2.05. The molecule has 0 spiro atoms. The average molecular weight is 448 g/mol. The van der Waals surface area contributed by atoms with E-state index in [1.54, 1.807) is 13.0 Å². The first-order valence-electron chi connectivity index (χ1n) is 11.0. The number of allylic oxidation sites excluding steroid dienone is 4. The molecule has 1 N–H and O–H groups in total. The Hall–Kier alpha value is -2.19. The molecule has 2 aliphatic heterocycles. The molecule has 0 radical (unpaired) electrons. The highest BCUT2D eigenvalue weighted by atomic mass is 32.2. The standard InChI is InChI=1S/C23H30FN3O3S/c1-2-31(29,30)25-21-10-13-27(23(28)26-11-5-12-26)22(21)15-17-6-3-7-18(14-17)19-8-4-9-20(24)16-19/h3-4,6-7,9,14,16,19,21-22,25H,2,5,8,10-13,15H2,1H3/t19?,21-,22-/m0/s1. The summed E-state index contributed by atoms with van der Waals surface area (Å²) in [5, 5.41) is 0. The molecule has 4 rings (SSSR count). The minimum atomic E-state index is -3.38. The van der Waals surface area contributed by atoms with Gasteiger partial charge < -0.3 is 9.80 Å². The molecule has 2 fully saturated rings. The number of nitrogens with one attached hydrogen (secondary N) is 1. The van der Waals surface area contributed by atoms with E-state index in [1.807, 2.05) is 34.1 Å². The Morgan fingerprint density at radius 2 is 2.06 bits per heavy atom. The number of hydrogen-bond acceptors (Lipinski definition) is 3. The lowest BCUT2D eigenvalue weighted by atomic mass is 9.90. The van der Waals surface area contributed by atoms with Crippen molar-refractivity contribution in [3.05, 3.63) is 59.4 Å². The van der Waals surface area contributed by atoms with Crippen molar-refractivity contribution >= 4 is 16.1 Å². The predicted octanol–water partition coefficient (Wildman–Crippen LogP) is 3.33. The third kappa shape index (κ3) is 5.01. The highest BCUT2D eigenvalue weighted by Gasteiger charge is 2.41. The summed E-state index contributed by atoms with van der Waals surface area (Å²) in [7, 11) is -3.38. The fraction of sp³-hybridized carbons (Fsp3) is 0.522. The molecule has 8 heteroatoms. The van der Waals surface area contributed by atoms with Crippen molar-refractivity contribution in [2.24, 2.45) is 0 Å². The summed E-state index contributed by atoms with van der Waals surface area (Å²) in [6.45, 7) is 3.67. The first kappa shape index (κ1) is 22.0. The Morgan fingerprint density at radius 1 is 1.26 bits per heavy atom. The SMILES string of the molecule is CCS(=O)(=O)N[C@H]1CCN(C(=O)N2CCC2)[C@H]1Cc1cccc(C2C=C(F)C=CC2)c1. The maximum Gasteiger partial charge on any atom is 0.320 e. The molecule has 3 atom stereocenters. The van der Waals surface area contributed by atoms with Crippen LogP contribution in [-0.2, 0) is 16.4 Å². The van der Waals surface area contributed by atoms with E-state index in [0.29, 0.717) is 19.4 Å². The molecular formula is C23H30FN3O3S. The molecule has 6 nitrogen and oxygen atoms in total. The zero-order chi connectivity index (χ0) is 22.0. The number of urea groups is 1. The van der Waals surface area contributed by atoms with E-state index in [-0.39, 0.29) is 35.6 Å². The molecule has 2 saturated heterocycles. The number of rotatable bonds is 6. The van der Waals surface area contributed by atoms with Gasteiger partial charge in [-0.3, -0.25) is 0 Å². The maximum absolute atomic E-state index is 13.7. The van der Waals surface area contributed by atoms with Crippen LogP contribution in [0.15, 0.2) is 48.3 Å². The first-order chi connectivity index (χ1) is 14.9. The number of nitrogens with zero attached hydrogens (tertiary/aromatic N) is 2. The smallest absolute Gasteiger partial charge is 0.320 e. The average Bonchev–Trinajstić information content (AvgIpc) is 3.08. The summed E-state index contributed by atoms with van der Waals surface area (Å²) in [4.78, 5) is 16.6. The van der Waals surface area contributed by atoms with Gasteiger partial charge in [0.05, 0.1) is 11.8 Å². The summed E-state index contributed by atoms with van der Waals surface area (Å²) in [6, 6.07) is 7.44. The van der Waals surface area contributed by atoms with Crippen molar-refractivity contribution in [1.29, 1.82) is 0 Å². The van der Waals surface area contributed by atoms with E-state index >= 15 is 0 Å². The zero-order valence-corrected chi connectivity index (χ0v) is 18.7.